The Kier molecular flexibility index (Phi) is 5.70. The van der Waals surface area contributed by atoms with Crippen molar-refractivity contribution in [2.75, 3.05) is 13.7 Å². The van der Waals surface area contributed by atoms with E-state index in [9.17, 15) is 9.18 Å². The molecule has 0 aromatic heterocycles. The van der Waals surface area contributed by atoms with E-state index >= 15 is 0 Å². The predicted molar refractivity (Wildman–Crippen MR) is 79.1 cm³/mol. The van der Waals surface area contributed by atoms with Crippen LogP contribution in [0.15, 0.2) is 24.3 Å². The Bertz CT molecular complexity index is 477. The lowest BCUT2D eigenvalue weighted by molar-refractivity contribution is -0.134. The monoisotopic (exact) mass is 294 g/mol. The molecule has 0 aliphatic heterocycles. The first-order valence-corrected chi connectivity index (χ1v) is 7.42. The number of carbonyl (C=O) groups is 1. The van der Waals surface area contributed by atoms with Crippen molar-refractivity contribution in [1.29, 1.82) is 0 Å². The lowest BCUT2D eigenvalue weighted by Crippen LogP contribution is -2.44. The number of nitrogens with zero attached hydrogens (tertiary/aromatic N) is 1. The number of benzene rings is 1. The largest absolute Gasteiger partial charge is 0.385 e. The number of hydrogen-bond acceptors (Lipinski definition) is 3. The molecule has 4 nitrogen and oxygen atoms in total. The van der Waals surface area contributed by atoms with E-state index in [1.54, 1.807) is 30.2 Å². The van der Waals surface area contributed by atoms with Crippen LogP contribution in [0.1, 0.15) is 31.2 Å². The van der Waals surface area contributed by atoms with Crippen LogP contribution in [0.5, 0.6) is 0 Å². The molecule has 1 aliphatic rings. The minimum Gasteiger partial charge on any atom is -0.385 e. The van der Waals surface area contributed by atoms with E-state index in [1.807, 2.05) is 0 Å². The lowest BCUT2D eigenvalue weighted by Gasteiger charge is -2.26. The molecule has 1 amide bonds. The molecule has 21 heavy (non-hydrogen) atoms. The fraction of sp³-hybridized carbons (Fsp3) is 0.562. The molecule has 1 atom stereocenters. The van der Waals surface area contributed by atoms with Crippen molar-refractivity contribution in [3.63, 3.8) is 0 Å². The molecule has 5 heteroatoms. The van der Waals surface area contributed by atoms with E-state index < -0.39 is 6.04 Å². The van der Waals surface area contributed by atoms with Gasteiger partial charge in [-0.3, -0.25) is 4.79 Å². The first-order valence-electron chi connectivity index (χ1n) is 7.42. The van der Waals surface area contributed by atoms with Crippen LogP contribution >= 0.6 is 0 Å². The van der Waals surface area contributed by atoms with Gasteiger partial charge in [-0.25, -0.2) is 4.39 Å². The molecule has 0 spiro atoms. The van der Waals surface area contributed by atoms with E-state index in [0.29, 0.717) is 25.1 Å². The summed E-state index contributed by atoms with van der Waals surface area (Å²) in [4.78, 5) is 14.2. The predicted octanol–water partition coefficient (Wildman–Crippen LogP) is 2.07. The molecular weight excluding hydrogens is 271 g/mol. The van der Waals surface area contributed by atoms with Crippen molar-refractivity contribution >= 4 is 5.91 Å². The molecule has 1 unspecified atom stereocenters. The van der Waals surface area contributed by atoms with Crippen molar-refractivity contribution in [1.82, 2.24) is 4.90 Å². The Morgan fingerprint density at radius 3 is 2.81 bits per heavy atom. The number of rotatable bonds is 8. The maximum atomic E-state index is 13.8. The summed E-state index contributed by atoms with van der Waals surface area (Å²) in [5, 5.41) is 0. The van der Waals surface area contributed by atoms with Crippen LogP contribution in [0.3, 0.4) is 0 Å². The van der Waals surface area contributed by atoms with Gasteiger partial charge in [0.2, 0.25) is 5.91 Å². The first kappa shape index (κ1) is 15.9. The Balaban J connectivity index is 1.98. The highest BCUT2D eigenvalue weighted by atomic mass is 19.1. The molecule has 1 saturated carbocycles. The number of halogens is 1. The molecule has 2 rings (SSSR count). The molecule has 116 valence electrons. The van der Waals surface area contributed by atoms with Crippen molar-refractivity contribution in [3.8, 4) is 0 Å². The van der Waals surface area contributed by atoms with Gasteiger partial charge in [0, 0.05) is 31.9 Å². The van der Waals surface area contributed by atoms with Gasteiger partial charge in [0.1, 0.15) is 5.82 Å². The fourth-order valence-electron chi connectivity index (χ4n) is 2.37. The summed E-state index contributed by atoms with van der Waals surface area (Å²) in [5.41, 5.74) is 6.52. The summed E-state index contributed by atoms with van der Waals surface area (Å²) >= 11 is 0. The zero-order valence-corrected chi connectivity index (χ0v) is 12.4. The van der Waals surface area contributed by atoms with Gasteiger partial charge in [0.25, 0.3) is 0 Å². The van der Waals surface area contributed by atoms with Gasteiger partial charge in [-0.2, -0.15) is 0 Å². The summed E-state index contributed by atoms with van der Waals surface area (Å²) in [7, 11) is 1.63. The maximum Gasteiger partial charge on any atom is 0.240 e. The Morgan fingerprint density at radius 2 is 2.19 bits per heavy atom. The highest BCUT2D eigenvalue weighted by molar-refractivity contribution is 5.82. The van der Waals surface area contributed by atoms with Gasteiger partial charge in [-0.05, 0) is 31.7 Å². The highest BCUT2D eigenvalue weighted by Gasteiger charge is 2.34. The van der Waals surface area contributed by atoms with Crippen LogP contribution in [0, 0.1) is 5.82 Å². The summed E-state index contributed by atoms with van der Waals surface area (Å²) in [5.74, 6) is -0.360. The minimum atomic E-state index is -0.535. The molecule has 0 radical (unpaired) electrons. The van der Waals surface area contributed by atoms with Crippen molar-refractivity contribution in [3.05, 3.63) is 35.6 Å². The quantitative estimate of drug-likeness (QED) is 0.747. The van der Waals surface area contributed by atoms with Crippen molar-refractivity contribution < 1.29 is 13.9 Å². The van der Waals surface area contributed by atoms with Gasteiger partial charge in [-0.1, -0.05) is 18.2 Å². The van der Waals surface area contributed by atoms with E-state index in [0.717, 1.165) is 19.3 Å². The number of carbonyl (C=O) groups excluding carboxylic acids is 1. The van der Waals surface area contributed by atoms with Crippen molar-refractivity contribution in [2.45, 2.75) is 44.3 Å². The molecule has 1 aromatic rings. The van der Waals surface area contributed by atoms with Crippen LogP contribution in [0.4, 0.5) is 4.39 Å². The molecule has 0 saturated heterocycles. The maximum absolute atomic E-state index is 13.8. The molecule has 0 heterocycles. The third kappa shape index (κ3) is 4.51. The third-order valence-electron chi connectivity index (χ3n) is 3.75. The summed E-state index contributed by atoms with van der Waals surface area (Å²) in [6, 6.07) is 6.25. The lowest BCUT2D eigenvalue weighted by atomic mass is 10.1. The van der Waals surface area contributed by atoms with Crippen molar-refractivity contribution in [2.24, 2.45) is 5.73 Å². The van der Waals surface area contributed by atoms with Gasteiger partial charge in [-0.15, -0.1) is 0 Å². The van der Waals surface area contributed by atoms with Gasteiger partial charge < -0.3 is 15.4 Å². The SMILES string of the molecule is COCCCC(N)C(=O)N(Cc1ccccc1F)C1CC1. The zero-order valence-electron chi connectivity index (χ0n) is 12.4. The van der Waals surface area contributed by atoms with Crippen LogP contribution < -0.4 is 5.73 Å². The highest BCUT2D eigenvalue weighted by Crippen LogP contribution is 2.29. The second kappa shape index (κ2) is 7.52. The van der Waals surface area contributed by atoms with Crippen LogP contribution in [-0.4, -0.2) is 36.6 Å². The van der Waals surface area contributed by atoms with Gasteiger partial charge in [0.15, 0.2) is 0 Å². The number of methoxy groups -OCH3 is 1. The Morgan fingerprint density at radius 1 is 1.48 bits per heavy atom. The Labute approximate surface area is 125 Å². The molecule has 1 aliphatic carbocycles. The molecule has 1 fully saturated rings. The molecule has 2 N–H and O–H groups in total. The smallest absolute Gasteiger partial charge is 0.240 e. The molecule has 0 bridgehead atoms. The molecular formula is C16H23FN2O2. The van der Waals surface area contributed by atoms with E-state index in [-0.39, 0.29) is 17.8 Å². The number of amides is 1. The standard InChI is InChI=1S/C16H23FN2O2/c1-21-10-4-7-15(18)16(20)19(13-8-9-13)11-12-5-2-3-6-14(12)17/h2-3,5-6,13,15H,4,7-11,18H2,1H3. The molecule has 1 aromatic carbocycles. The van der Waals surface area contributed by atoms with E-state index in [1.165, 1.54) is 6.07 Å². The first-order chi connectivity index (χ1) is 10.1. The van der Waals surface area contributed by atoms with Gasteiger partial charge in [0.05, 0.1) is 6.04 Å². The van der Waals surface area contributed by atoms with Crippen LogP contribution in [0.2, 0.25) is 0 Å². The number of ether oxygens (including phenoxy) is 1. The second-order valence-corrected chi connectivity index (χ2v) is 5.53. The minimum absolute atomic E-state index is 0.0862. The number of hydrogen-bond donors (Lipinski definition) is 1. The summed E-state index contributed by atoms with van der Waals surface area (Å²) < 4.78 is 18.7. The normalized spacial score (nSPS) is 15.8. The van der Waals surface area contributed by atoms with E-state index in [2.05, 4.69) is 0 Å². The third-order valence-corrected chi connectivity index (χ3v) is 3.75. The average Bonchev–Trinajstić information content (AvgIpc) is 3.30. The topological polar surface area (TPSA) is 55.6 Å². The summed E-state index contributed by atoms with van der Waals surface area (Å²) in [6.45, 7) is 0.895. The van der Waals surface area contributed by atoms with Gasteiger partial charge >= 0.3 is 0 Å². The van der Waals surface area contributed by atoms with Crippen LogP contribution in [-0.2, 0) is 16.1 Å². The van der Waals surface area contributed by atoms with E-state index in [4.69, 9.17) is 10.5 Å². The average molecular weight is 294 g/mol. The number of nitrogens with two attached hydrogens (primary N) is 1. The van der Waals surface area contributed by atoms with Crippen LogP contribution in [0.25, 0.3) is 0 Å². The Hall–Kier alpha value is -1.46. The second-order valence-electron chi connectivity index (χ2n) is 5.53. The fourth-order valence-corrected chi connectivity index (χ4v) is 2.37. The summed E-state index contributed by atoms with van der Waals surface area (Å²) in [6.07, 6.45) is 3.30. The zero-order chi connectivity index (χ0) is 15.2.